The molecule has 1 saturated heterocycles. The fraction of sp³-hybridized carbons (Fsp3) is 1.00. The summed E-state index contributed by atoms with van der Waals surface area (Å²) in [6.45, 7) is 3.86. The number of rotatable bonds is 1. The van der Waals surface area contributed by atoms with Crippen LogP contribution in [0.2, 0.25) is 0 Å². The van der Waals surface area contributed by atoms with Crippen molar-refractivity contribution in [1.82, 2.24) is 3.11 Å². The Morgan fingerprint density at radius 2 is 2.18 bits per heavy atom. The molecule has 1 spiro atoms. The molecule has 2 heteroatoms. The zero-order valence-corrected chi connectivity index (χ0v) is 9.60. The van der Waals surface area contributed by atoms with Crippen LogP contribution in [0, 0.1) is 5.41 Å². The van der Waals surface area contributed by atoms with Gasteiger partial charge >= 0.3 is 80.1 Å². The summed E-state index contributed by atoms with van der Waals surface area (Å²) in [4.78, 5) is 2.40. The summed E-state index contributed by atoms with van der Waals surface area (Å²) >= 11 is 0.365. The van der Waals surface area contributed by atoms with Crippen LogP contribution in [-0.2, 0) is 0 Å². The third-order valence-corrected chi connectivity index (χ3v) is 5.86. The van der Waals surface area contributed by atoms with Crippen LogP contribution < -0.4 is 21.5 Å². The summed E-state index contributed by atoms with van der Waals surface area (Å²) in [6, 6.07) is 0.910. The monoisotopic (exact) mass is 266 g/mol. The molecular weight excluding hydrogens is 249 g/mol. The van der Waals surface area contributed by atoms with E-state index in [0.717, 1.165) is 11.5 Å². The predicted octanol–water partition coefficient (Wildman–Crippen LogP) is -1.12. The van der Waals surface area contributed by atoms with Crippen molar-refractivity contribution in [2.45, 2.75) is 38.6 Å². The van der Waals surface area contributed by atoms with Gasteiger partial charge in [0.15, 0.2) is 0 Å². The molecule has 0 aromatic carbocycles. The first-order valence-electron chi connectivity index (χ1n) is 4.52. The van der Waals surface area contributed by atoms with E-state index in [1.807, 2.05) is 0 Å². The van der Waals surface area contributed by atoms with Crippen molar-refractivity contribution in [2.75, 3.05) is 11.5 Å². The predicted molar refractivity (Wildman–Crippen MR) is 43.0 cm³/mol. The van der Waals surface area contributed by atoms with Crippen molar-refractivity contribution in [1.29, 1.82) is 0 Å². The number of halogens is 1. The Kier molecular flexibility index (Phi) is 2.17. The van der Waals surface area contributed by atoms with Crippen molar-refractivity contribution < 1.29 is 21.5 Å². The fourth-order valence-corrected chi connectivity index (χ4v) is 4.74. The van der Waals surface area contributed by atoms with Gasteiger partial charge in [0.2, 0.25) is 0 Å². The molecule has 0 amide bonds. The van der Waals surface area contributed by atoms with Gasteiger partial charge in [-0.1, -0.05) is 0 Å². The van der Waals surface area contributed by atoms with E-state index in [0.29, 0.717) is 21.5 Å². The molecule has 1 nitrogen and oxygen atoms in total. The van der Waals surface area contributed by atoms with Crippen LogP contribution in [-0.4, -0.2) is 20.6 Å². The van der Waals surface area contributed by atoms with Crippen LogP contribution in [0.3, 0.4) is 0 Å². The van der Waals surface area contributed by atoms with Gasteiger partial charge in [0, 0.05) is 0 Å². The van der Waals surface area contributed by atoms with Gasteiger partial charge < -0.3 is 0 Å². The minimum atomic E-state index is 0.365. The van der Waals surface area contributed by atoms with Crippen molar-refractivity contribution in [3.8, 4) is 0 Å². The molecule has 0 aromatic rings. The first kappa shape index (κ1) is 8.30. The molecule has 0 aromatic heterocycles. The van der Waals surface area contributed by atoms with Crippen molar-refractivity contribution in [3.05, 3.63) is 0 Å². The van der Waals surface area contributed by atoms with E-state index in [1.54, 1.807) is 0 Å². The number of hydrogen-bond acceptors (Lipinski definition) is 1. The van der Waals surface area contributed by atoms with E-state index in [1.165, 1.54) is 32.2 Å². The standard InChI is InChI=1S/C9H17IN/c1-8-6-9(4-3-5-9)7-11(8)10-2/h8H,3-7H2,1-2H3/q-1. The van der Waals surface area contributed by atoms with Crippen LogP contribution in [0.25, 0.3) is 0 Å². The molecule has 1 saturated carbocycles. The van der Waals surface area contributed by atoms with E-state index in [2.05, 4.69) is 15.0 Å². The summed E-state index contributed by atoms with van der Waals surface area (Å²) in [5, 5.41) is 0. The molecule has 11 heavy (non-hydrogen) atoms. The van der Waals surface area contributed by atoms with Crippen LogP contribution in [0.5, 0.6) is 0 Å². The van der Waals surface area contributed by atoms with Crippen LogP contribution in [0.4, 0.5) is 0 Å². The normalized spacial score (nSPS) is 36.4. The maximum atomic E-state index is 2.75. The number of hydrogen-bond donors (Lipinski definition) is 0. The Bertz CT molecular complexity index is 154. The van der Waals surface area contributed by atoms with E-state index in [9.17, 15) is 0 Å². The van der Waals surface area contributed by atoms with E-state index >= 15 is 0 Å². The summed E-state index contributed by atoms with van der Waals surface area (Å²) in [5.41, 5.74) is 0.815. The first-order valence-corrected chi connectivity index (χ1v) is 7.64. The second-order valence-corrected chi connectivity index (χ2v) is 6.34. The number of nitrogens with zero attached hydrogens (tertiary/aromatic N) is 1. The van der Waals surface area contributed by atoms with Gasteiger partial charge in [0.05, 0.1) is 0 Å². The second-order valence-electron chi connectivity index (χ2n) is 4.13. The minimum absolute atomic E-state index is 0.365. The average Bonchev–Trinajstić information content (AvgIpc) is 2.26. The van der Waals surface area contributed by atoms with Crippen molar-refractivity contribution in [2.24, 2.45) is 5.41 Å². The van der Waals surface area contributed by atoms with Gasteiger partial charge in [-0.15, -0.1) is 0 Å². The fourth-order valence-electron chi connectivity index (χ4n) is 2.53. The number of alkyl halides is 1. The Morgan fingerprint density at radius 3 is 2.45 bits per heavy atom. The zero-order chi connectivity index (χ0) is 7.90. The molecule has 1 aliphatic carbocycles. The van der Waals surface area contributed by atoms with Crippen LogP contribution in [0.1, 0.15) is 32.6 Å². The molecule has 1 unspecified atom stereocenters. The molecular formula is C9H17IN-. The SMILES string of the molecule is C[I-]N1CC2(CCC2)CC1C. The molecule has 1 aliphatic heterocycles. The van der Waals surface area contributed by atoms with Gasteiger partial charge in [0.25, 0.3) is 0 Å². The second kappa shape index (κ2) is 2.87. The Hall–Kier alpha value is 0.690. The molecule has 1 heterocycles. The van der Waals surface area contributed by atoms with E-state index < -0.39 is 0 Å². The third-order valence-electron chi connectivity index (χ3n) is 3.32. The summed E-state index contributed by atoms with van der Waals surface area (Å²) < 4.78 is 2.75. The van der Waals surface area contributed by atoms with Gasteiger partial charge in [-0.05, 0) is 0 Å². The van der Waals surface area contributed by atoms with E-state index in [-0.39, 0.29) is 0 Å². The summed E-state index contributed by atoms with van der Waals surface area (Å²) in [6.07, 6.45) is 6.05. The molecule has 2 fully saturated rings. The first-order chi connectivity index (χ1) is 5.26. The Labute approximate surface area is 80.1 Å². The van der Waals surface area contributed by atoms with Gasteiger partial charge in [-0.2, -0.15) is 0 Å². The zero-order valence-electron chi connectivity index (χ0n) is 7.44. The molecule has 66 valence electrons. The van der Waals surface area contributed by atoms with E-state index in [4.69, 9.17) is 0 Å². The maximum absolute atomic E-state index is 2.75. The van der Waals surface area contributed by atoms with Crippen molar-refractivity contribution >= 4 is 0 Å². The van der Waals surface area contributed by atoms with Crippen molar-refractivity contribution in [3.63, 3.8) is 0 Å². The summed E-state index contributed by atoms with van der Waals surface area (Å²) in [5.74, 6) is 0. The topological polar surface area (TPSA) is 3.24 Å². The van der Waals surface area contributed by atoms with Gasteiger partial charge in [-0.3, -0.25) is 0 Å². The van der Waals surface area contributed by atoms with Gasteiger partial charge in [0.1, 0.15) is 0 Å². The van der Waals surface area contributed by atoms with Gasteiger partial charge in [-0.25, -0.2) is 0 Å². The third kappa shape index (κ3) is 1.32. The quantitative estimate of drug-likeness (QED) is 0.330. The summed E-state index contributed by atoms with van der Waals surface area (Å²) in [7, 11) is 0. The Balaban J connectivity index is 1.99. The molecule has 0 N–H and O–H groups in total. The molecule has 2 rings (SSSR count). The Morgan fingerprint density at radius 1 is 1.45 bits per heavy atom. The molecule has 0 radical (unpaired) electrons. The molecule has 2 aliphatic rings. The average molecular weight is 266 g/mol. The molecule has 0 bridgehead atoms. The van der Waals surface area contributed by atoms with Crippen LogP contribution >= 0.6 is 0 Å². The molecule has 1 atom stereocenters. The van der Waals surface area contributed by atoms with Crippen LogP contribution in [0.15, 0.2) is 0 Å².